The summed E-state index contributed by atoms with van der Waals surface area (Å²) in [6, 6.07) is 12.2. The highest BCUT2D eigenvalue weighted by atomic mass is 32.2. The molecule has 9 heteroatoms. The third-order valence-corrected chi connectivity index (χ3v) is 6.89. The summed E-state index contributed by atoms with van der Waals surface area (Å²) < 4.78 is 0.695. The standard InChI is InChI=1S/C22H26N4O3S2/c1-4-24(5-2)12-13-25(21(27)16-8-7-9-18(14-16)30-6-3)22-23-19-11-10-17(26(28)29)15-20(19)31-22/h7-11,14-15H,4-6,12-13H2,1-3H3. The molecule has 0 N–H and O–H groups in total. The van der Waals surface area contributed by atoms with E-state index in [1.807, 2.05) is 24.3 Å². The number of aromatic nitrogens is 1. The van der Waals surface area contributed by atoms with Gasteiger partial charge in [0.1, 0.15) is 0 Å². The summed E-state index contributed by atoms with van der Waals surface area (Å²) in [5.74, 6) is 0.819. The van der Waals surface area contributed by atoms with Crippen molar-refractivity contribution in [2.45, 2.75) is 25.7 Å². The summed E-state index contributed by atoms with van der Waals surface area (Å²) in [4.78, 5) is 33.8. The Hall–Kier alpha value is -2.49. The van der Waals surface area contributed by atoms with E-state index in [0.29, 0.717) is 27.5 Å². The number of anilines is 1. The summed E-state index contributed by atoms with van der Waals surface area (Å²) in [6.07, 6.45) is 0. The smallest absolute Gasteiger partial charge is 0.270 e. The molecule has 0 spiro atoms. The van der Waals surface area contributed by atoms with Crippen LogP contribution in [0.4, 0.5) is 10.8 Å². The molecule has 3 aromatic rings. The Morgan fingerprint density at radius 2 is 1.90 bits per heavy atom. The van der Waals surface area contributed by atoms with E-state index < -0.39 is 4.92 Å². The summed E-state index contributed by atoms with van der Waals surface area (Å²) in [7, 11) is 0. The number of nitrogens with zero attached hydrogens (tertiary/aromatic N) is 4. The Morgan fingerprint density at radius 1 is 1.13 bits per heavy atom. The van der Waals surface area contributed by atoms with Gasteiger partial charge in [-0.1, -0.05) is 38.2 Å². The summed E-state index contributed by atoms with van der Waals surface area (Å²) in [6.45, 7) is 9.28. The number of carbonyl (C=O) groups excluding carboxylic acids is 1. The Balaban J connectivity index is 1.97. The van der Waals surface area contributed by atoms with Crippen molar-refractivity contribution in [2.75, 3.05) is 36.8 Å². The van der Waals surface area contributed by atoms with Crippen LogP contribution in [0.5, 0.6) is 0 Å². The van der Waals surface area contributed by atoms with Crippen LogP contribution >= 0.6 is 23.1 Å². The van der Waals surface area contributed by atoms with Gasteiger partial charge < -0.3 is 4.90 Å². The molecule has 2 aromatic carbocycles. The zero-order valence-corrected chi connectivity index (χ0v) is 19.5. The van der Waals surface area contributed by atoms with Gasteiger partial charge in [-0.05, 0) is 43.1 Å². The molecule has 0 atom stereocenters. The minimum Gasteiger partial charge on any atom is -0.302 e. The van der Waals surface area contributed by atoms with Crippen LogP contribution in [0.1, 0.15) is 31.1 Å². The quantitative estimate of drug-likeness (QED) is 0.233. The first-order valence-electron chi connectivity index (χ1n) is 10.3. The van der Waals surface area contributed by atoms with Crippen LogP contribution in [0.15, 0.2) is 47.4 Å². The Bertz CT molecular complexity index is 1070. The fraction of sp³-hybridized carbons (Fsp3) is 0.364. The maximum absolute atomic E-state index is 13.5. The van der Waals surface area contributed by atoms with Gasteiger partial charge in [-0.2, -0.15) is 0 Å². The van der Waals surface area contributed by atoms with Gasteiger partial charge >= 0.3 is 0 Å². The highest BCUT2D eigenvalue weighted by Gasteiger charge is 2.23. The zero-order chi connectivity index (χ0) is 22.4. The van der Waals surface area contributed by atoms with Crippen LogP contribution in [-0.4, -0.2) is 52.6 Å². The van der Waals surface area contributed by atoms with Crippen LogP contribution in [0.3, 0.4) is 0 Å². The van der Waals surface area contributed by atoms with Gasteiger partial charge in [-0.15, -0.1) is 11.8 Å². The van der Waals surface area contributed by atoms with Gasteiger partial charge in [-0.3, -0.25) is 19.8 Å². The number of non-ortho nitro benzene ring substituents is 1. The molecule has 0 saturated carbocycles. The highest BCUT2D eigenvalue weighted by molar-refractivity contribution is 7.99. The number of thioether (sulfide) groups is 1. The monoisotopic (exact) mass is 458 g/mol. The lowest BCUT2D eigenvalue weighted by Gasteiger charge is -2.25. The van der Waals surface area contributed by atoms with Gasteiger partial charge in [0.05, 0.1) is 15.1 Å². The second-order valence-electron chi connectivity index (χ2n) is 6.85. The molecule has 0 unspecified atom stereocenters. The Kier molecular flexibility index (Phi) is 8.00. The molecule has 0 saturated heterocycles. The van der Waals surface area contributed by atoms with Crippen molar-refractivity contribution in [1.82, 2.24) is 9.88 Å². The van der Waals surface area contributed by atoms with Crippen molar-refractivity contribution in [3.63, 3.8) is 0 Å². The van der Waals surface area contributed by atoms with Crippen LogP contribution < -0.4 is 4.90 Å². The first-order valence-corrected chi connectivity index (χ1v) is 12.1. The average Bonchev–Trinajstić information content (AvgIpc) is 3.19. The topological polar surface area (TPSA) is 79.6 Å². The lowest BCUT2D eigenvalue weighted by Crippen LogP contribution is -2.38. The number of thiazole rings is 1. The molecule has 0 aliphatic carbocycles. The molecule has 0 aliphatic heterocycles. The van der Waals surface area contributed by atoms with Gasteiger partial charge in [0.2, 0.25) is 0 Å². The van der Waals surface area contributed by atoms with E-state index in [4.69, 9.17) is 0 Å². The van der Waals surface area contributed by atoms with Crippen molar-refractivity contribution >= 4 is 50.0 Å². The van der Waals surface area contributed by atoms with Crippen molar-refractivity contribution in [3.05, 3.63) is 58.1 Å². The van der Waals surface area contributed by atoms with Crippen molar-refractivity contribution < 1.29 is 9.72 Å². The van der Waals surface area contributed by atoms with E-state index in [1.165, 1.54) is 23.5 Å². The van der Waals surface area contributed by atoms with Gasteiger partial charge in [-0.25, -0.2) is 4.98 Å². The number of rotatable bonds is 10. The third kappa shape index (κ3) is 5.61. The van der Waals surface area contributed by atoms with Crippen LogP contribution in [0, 0.1) is 10.1 Å². The maximum atomic E-state index is 13.5. The van der Waals surface area contributed by atoms with E-state index in [9.17, 15) is 14.9 Å². The second kappa shape index (κ2) is 10.7. The van der Waals surface area contributed by atoms with E-state index >= 15 is 0 Å². The van der Waals surface area contributed by atoms with E-state index in [0.717, 1.165) is 30.3 Å². The predicted molar refractivity (Wildman–Crippen MR) is 129 cm³/mol. The molecule has 164 valence electrons. The number of likely N-dealkylation sites (N-methyl/N-ethyl adjacent to an activating group) is 1. The number of hydrogen-bond acceptors (Lipinski definition) is 7. The number of hydrogen-bond donors (Lipinski definition) is 0. The molecular formula is C22H26N4O3S2. The molecular weight excluding hydrogens is 432 g/mol. The van der Waals surface area contributed by atoms with Gasteiger partial charge in [0.25, 0.3) is 11.6 Å². The lowest BCUT2D eigenvalue weighted by atomic mass is 10.2. The normalized spacial score (nSPS) is 11.2. The average molecular weight is 459 g/mol. The lowest BCUT2D eigenvalue weighted by molar-refractivity contribution is -0.384. The summed E-state index contributed by atoms with van der Waals surface area (Å²) >= 11 is 3.00. The van der Waals surface area contributed by atoms with Crippen LogP contribution in [-0.2, 0) is 0 Å². The van der Waals surface area contributed by atoms with E-state index in [1.54, 1.807) is 22.7 Å². The third-order valence-electron chi connectivity index (χ3n) is 4.97. The minimum atomic E-state index is -0.418. The fourth-order valence-electron chi connectivity index (χ4n) is 3.24. The van der Waals surface area contributed by atoms with E-state index in [2.05, 4.69) is 30.7 Å². The molecule has 0 radical (unpaired) electrons. The van der Waals surface area contributed by atoms with Crippen molar-refractivity contribution in [2.24, 2.45) is 0 Å². The largest absolute Gasteiger partial charge is 0.302 e. The summed E-state index contributed by atoms with van der Waals surface area (Å²) in [5.41, 5.74) is 1.29. The first-order chi connectivity index (χ1) is 15.0. The molecule has 0 bridgehead atoms. The number of carbonyl (C=O) groups is 1. The second-order valence-corrected chi connectivity index (χ2v) is 9.20. The minimum absolute atomic E-state index is 0.0213. The zero-order valence-electron chi connectivity index (χ0n) is 17.9. The predicted octanol–water partition coefficient (Wildman–Crippen LogP) is 5.31. The molecule has 0 aliphatic rings. The number of fused-ring (bicyclic) bond motifs is 1. The highest BCUT2D eigenvalue weighted by Crippen LogP contribution is 2.32. The van der Waals surface area contributed by atoms with Crippen molar-refractivity contribution in [1.29, 1.82) is 0 Å². The van der Waals surface area contributed by atoms with Crippen LogP contribution in [0.2, 0.25) is 0 Å². The SMILES string of the molecule is CCSc1cccc(C(=O)N(CCN(CC)CC)c2nc3ccc([N+](=O)[O-])cc3s2)c1. The Morgan fingerprint density at radius 3 is 2.58 bits per heavy atom. The van der Waals surface area contributed by atoms with Gasteiger partial charge in [0.15, 0.2) is 5.13 Å². The number of nitro groups is 1. The Labute approximate surface area is 190 Å². The first kappa shape index (κ1) is 23.2. The number of nitro benzene ring substituents is 1. The summed E-state index contributed by atoms with van der Waals surface area (Å²) in [5, 5.41) is 11.7. The molecule has 1 heterocycles. The fourth-order valence-corrected chi connectivity index (χ4v) is 4.98. The van der Waals surface area contributed by atoms with Gasteiger partial charge in [0, 0.05) is 35.7 Å². The number of benzene rings is 2. The number of amides is 1. The maximum Gasteiger partial charge on any atom is 0.270 e. The van der Waals surface area contributed by atoms with Crippen LogP contribution in [0.25, 0.3) is 10.2 Å². The molecule has 0 fully saturated rings. The molecule has 31 heavy (non-hydrogen) atoms. The molecule has 1 aromatic heterocycles. The molecule has 1 amide bonds. The molecule has 7 nitrogen and oxygen atoms in total. The molecule has 3 rings (SSSR count). The van der Waals surface area contributed by atoms with E-state index in [-0.39, 0.29) is 11.6 Å². The van der Waals surface area contributed by atoms with Crippen molar-refractivity contribution in [3.8, 4) is 0 Å².